The molecule has 1 rings (SSSR count). The number of carboxylic acid groups (broad SMARTS) is 1. The number of carbonyl (C=O) groups is 1. The van der Waals surface area contributed by atoms with Crippen molar-refractivity contribution in [1.82, 2.24) is 4.90 Å². The predicted molar refractivity (Wildman–Crippen MR) is 88.2 cm³/mol. The molecule has 0 amide bonds. The fourth-order valence-corrected chi connectivity index (χ4v) is 3.39. The number of hydrogen-bond donors (Lipinski definition) is 1. The van der Waals surface area contributed by atoms with Crippen LogP contribution in [0.4, 0.5) is 0 Å². The van der Waals surface area contributed by atoms with Gasteiger partial charge in [-0.15, -0.1) is 0 Å². The molecule has 0 bridgehead atoms. The lowest BCUT2D eigenvalue weighted by Crippen LogP contribution is -2.37. The molecule has 1 aromatic rings. The molecule has 0 aliphatic rings. The van der Waals surface area contributed by atoms with Gasteiger partial charge in [0.1, 0.15) is 5.75 Å². The Bertz CT molecular complexity index is 600. The molecular weight excluding hydrogens is 326 g/mol. The molecule has 0 heterocycles. The van der Waals surface area contributed by atoms with Gasteiger partial charge < -0.3 is 10.0 Å². The van der Waals surface area contributed by atoms with Crippen molar-refractivity contribution in [3.8, 4) is 0 Å². The number of aliphatic carboxylic acids is 1. The van der Waals surface area contributed by atoms with E-state index in [1.807, 2.05) is 43.1 Å². The Labute approximate surface area is 136 Å². The molecule has 2 atom stereocenters. The van der Waals surface area contributed by atoms with Crippen LogP contribution in [0.25, 0.3) is 0 Å². The number of benzene rings is 1. The summed E-state index contributed by atoms with van der Waals surface area (Å²) in [7, 11) is -1.72. The highest BCUT2D eigenvalue weighted by molar-refractivity contribution is 7.92. The van der Waals surface area contributed by atoms with Crippen LogP contribution in [-0.4, -0.2) is 55.5 Å². The van der Waals surface area contributed by atoms with E-state index in [0.29, 0.717) is 11.6 Å². The van der Waals surface area contributed by atoms with Crippen molar-refractivity contribution in [2.24, 2.45) is 0 Å². The molecule has 0 aliphatic heterocycles. The molecule has 0 aliphatic carbocycles. The van der Waals surface area contributed by atoms with Crippen molar-refractivity contribution in [2.45, 2.75) is 25.8 Å². The minimum atomic E-state index is -3.56. The first-order chi connectivity index (χ1) is 10.1. The molecule has 124 valence electrons. The summed E-state index contributed by atoms with van der Waals surface area (Å²) in [5, 5.41) is 9.26. The van der Waals surface area contributed by atoms with Gasteiger partial charge in [-0.3, -0.25) is 4.79 Å². The minimum absolute atomic E-state index is 0.112. The van der Waals surface area contributed by atoms with Gasteiger partial charge in [0.15, 0.2) is 9.84 Å². The van der Waals surface area contributed by atoms with Gasteiger partial charge in [-0.05, 0) is 37.6 Å². The lowest BCUT2D eigenvalue weighted by molar-refractivity contribution is -0.134. The largest absolute Gasteiger partial charge is 0.480 e. The zero-order valence-electron chi connectivity index (χ0n) is 13.0. The summed E-state index contributed by atoms with van der Waals surface area (Å²) in [6, 6.07) is 7.69. The molecule has 0 saturated carbocycles. The van der Waals surface area contributed by atoms with E-state index in [1.54, 1.807) is 0 Å². The average molecular weight is 348 g/mol. The highest BCUT2D eigenvalue weighted by atomic mass is 35.5. The minimum Gasteiger partial charge on any atom is -0.480 e. The van der Waals surface area contributed by atoms with Crippen LogP contribution in [-0.2, 0) is 14.6 Å². The summed E-state index contributed by atoms with van der Waals surface area (Å²) < 4.78 is 23.2. The predicted octanol–water partition coefficient (Wildman–Crippen LogP) is 2.26. The highest BCUT2D eigenvalue weighted by Gasteiger charge is 2.22. The third kappa shape index (κ3) is 5.94. The Balaban J connectivity index is 2.63. The Morgan fingerprint density at radius 3 is 2.32 bits per heavy atom. The molecule has 22 heavy (non-hydrogen) atoms. The van der Waals surface area contributed by atoms with Crippen molar-refractivity contribution >= 4 is 27.4 Å². The van der Waals surface area contributed by atoms with Crippen molar-refractivity contribution in [1.29, 1.82) is 0 Å². The Hall–Kier alpha value is -1.11. The molecule has 0 radical (unpaired) electrons. The normalized spacial score (nSPS) is 14.8. The maximum absolute atomic E-state index is 11.6. The van der Waals surface area contributed by atoms with Crippen LogP contribution in [0.1, 0.15) is 25.3 Å². The number of sulfone groups is 1. The summed E-state index contributed by atoms with van der Waals surface area (Å²) in [6.07, 6.45) is 0. The van der Waals surface area contributed by atoms with Crippen LogP contribution in [0.2, 0.25) is 5.02 Å². The van der Waals surface area contributed by atoms with Crippen LogP contribution in [0.15, 0.2) is 24.3 Å². The Morgan fingerprint density at radius 2 is 1.82 bits per heavy atom. The number of hydrogen-bond acceptors (Lipinski definition) is 4. The van der Waals surface area contributed by atoms with Crippen molar-refractivity contribution < 1.29 is 18.3 Å². The Kier molecular flexibility index (Phi) is 6.84. The van der Waals surface area contributed by atoms with E-state index in [4.69, 9.17) is 16.7 Å². The molecule has 1 aromatic carbocycles. The van der Waals surface area contributed by atoms with Crippen molar-refractivity contribution in [3.05, 3.63) is 34.9 Å². The van der Waals surface area contributed by atoms with Gasteiger partial charge in [0.2, 0.25) is 0 Å². The molecule has 0 aromatic heterocycles. The monoisotopic (exact) mass is 347 g/mol. The number of carboxylic acids is 1. The average Bonchev–Trinajstić information content (AvgIpc) is 2.42. The van der Waals surface area contributed by atoms with E-state index in [0.717, 1.165) is 5.56 Å². The van der Waals surface area contributed by atoms with E-state index < -0.39 is 21.6 Å². The van der Waals surface area contributed by atoms with Crippen molar-refractivity contribution in [2.75, 3.05) is 25.1 Å². The molecule has 1 N–H and O–H groups in total. The summed E-state index contributed by atoms with van der Waals surface area (Å²) in [6.45, 7) is 4.38. The molecule has 7 heteroatoms. The molecular formula is C15H22ClNO4S. The van der Waals surface area contributed by atoms with Gasteiger partial charge >= 0.3 is 5.97 Å². The van der Waals surface area contributed by atoms with Gasteiger partial charge in [-0.1, -0.05) is 30.7 Å². The van der Waals surface area contributed by atoms with Crippen LogP contribution in [0.3, 0.4) is 0 Å². The maximum Gasteiger partial charge on any atom is 0.318 e. The first-order valence-corrected chi connectivity index (χ1v) is 9.20. The fraction of sp³-hybridized carbons (Fsp3) is 0.533. The zero-order chi connectivity index (χ0) is 16.9. The molecule has 5 nitrogen and oxygen atoms in total. The van der Waals surface area contributed by atoms with Crippen LogP contribution < -0.4 is 0 Å². The summed E-state index contributed by atoms with van der Waals surface area (Å²) >= 11 is 5.87. The third-order valence-corrected chi connectivity index (χ3v) is 5.66. The SMILES string of the molecule is CC(c1ccc(Cl)cc1)C(C)N(C)CCS(=O)(=O)CC(=O)O. The molecule has 0 spiro atoms. The number of nitrogens with zero attached hydrogens (tertiary/aromatic N) is 1. The van der Waals surface area contributed by atoms with Crippen LogP contribution >= 0.6 is 11.6 Å². The van der Waals surface area contributed by atoms with Crippen LogP contribution in [0, 0.1) is 0 Å². The van der Waals surface area contributed by atoms with E-state index in [1.165, 1.54) is 0 Å². The van der Waals surface area contributed by atoms with Gasteiger partial charge in [0.25, 0.3) is 0 Å². The van der Waals surface area contributed by atoms with Gasteiger partial charge in [-0.2, -0.15) is 0 Å². The van der Waals surface area contributed by atoms with Gasteiger partial charge in [-0.25, -0.2) is 8.42 Å². The summed E-state index contributed by atoms with van der Waals surface area (Å²) in [4.78, 5) is 12.4. The maximum atomic E-state index is 11.6. The lowest BCUT2D eigenvalue weighted by Gasteiger charge is -2.30. The smallest absolute Gasteiger partial charge is 0.318 e. The van der Waals surface area contributed by atoms with Gasteiger partial charge in [0.05, 0.1) is 5.75 Å². The first-order valence-electron chi connectivity index (χ1n) is 7.00. The molecule has 0 fully saturated rings. The third-order valence-electron chi connectivity index (χ3n) is 3.91. The second-order valence-corrected chi connectivity index (χ2v) is 8.17. The summed E-state index contributed by atoms with van der Waals surface area (Å²) in [5.41, 5.74) is 1.12. The fourth-order valence-electron chi connectivity index (χ4n) is 2.17. The highest BCUT2D eigenvalue weighted by Crippen LogP contribution is 2.23. The van der Waals surface area contributed by atoms with E-state index in [9.17, 15) is 13.2 Å². The molecule has 0 saturated heterocycles. The number of likely N-dealkylation sites (N-methyl/N-ethyl adjacent to an activating group) is 1. The number of halogens is 1. The zero-order valence-corrected chi connectivity index (χ0v) is 14.6. The topological polar surface area (TPSA) is 74.7 Å². The van der Waals surface area contributed by atoms with Crippen molar-refractivity contribution in [3.63, 3.8) is 0 Å². The van der Waals surface area contributed by atoms with E-state index in [-0.39, 0.29) is 17.7 Å². The van der Waals surface area contributed by atoms with Crippen LogP contribution in [0.5, 0.6) is 0 Å². The second kappa shape index (κ2) is 7.94. The lowest BCUT2D eigenvalue weighted by atomic mass is 9.93. The van der Waals surface area contributed by atoms with E-state index >= 15 is 0 Å². The van der Waals surface area contributed by atoms with Gasteiger partial charge in [0, 0.05) is 17.6 Å². The number of rotatable bonds is 8. The standard InChI is InChI=1S/C15H22ClNO4S/c1-11(13-4-6-14(16)7-5-13)12(2)17(3)8-9-22(20,21)10-15(18)19/h4-7,11-12H,8-10H2,1-3H3,(H,18,19). The molecule has 2 unspecified atom stereocenters. The first kappa shape index (κ1) is 18.9. The van der Waals surface area contributed by atoms with E-state index in [2.05, 4.69) is 6.92 Å². The quantitative estimate of drug-likeness (QED) is 0.780. The second-order valence-electron chi connectivity index (χ2n) is 5.55. The Morgan fingerprint density at radius 1 is 1.27 bits per heavy atom. The summed E-state index contributed by atoms with van der Waals surface area (Å²) in [5.74, 6) is -2.09.